The molecule has 6 heteroatoms. The number of likely N-dealkylation sites (N-methyl/N-ethyl adjacent to an activating group) is 1. The van der Waals surface area contributed by atoms with E-state index in [9.17, 15) is 10.1 Å². The number of benzene rings is 2. The lowest BCUT2D eigenvalue weighted by Crippen LogP contribution is -2.38. The first-order chi connectivity index (χ1) is 13.5. The van der Waals surface area contributed by atoms with E-state index in [2.05, 4.69) is 23.2 Å². The van der Waals surface area contributed by atoms with Crippen LogP contribution in [0.15, 0.2) is 83.1 Å². The van der Waals surface area contributed by atoms with Crippen molar-refractivity contribution in [3.63, 3.8) is 0 Å². The molecule has 0 radical (unpaired) electrons. The summed E-state index contributed by atoms with van der Waals surface area (Å²) < 4.78 is 5.80. The molecule has 1 amide bonds. The smallest absolute Gasteiger partial charge is 0.278 e. The number of carbonyl (C=O) groups is 1. The van der Waals surface area contributed by atoms with Gasteiger partial charge in [0.1, 0.15) is 18.4 Å². The Morgan fingerprint density at radius 3 is 2.68 bits per heavy atom. The number of nitriles is 1. The predicted molar refractivity (Wildman–Crippen MR) is 108 cm³/mol. The number of amides is 1. The second-order valence-corrected chi connectivity index (χ2v) is 6.30. The highest BCUT2D eigenvalue weighted by atomic mass is 16.5. The number of carbonyl (C=O) groups excluding carboxylic acids is 1. The maximum Gasteiger partial charge on any atom is 0.278 e. The van der Waals surface area contributed by atoms with E-state index >= 15 is 0 Å². The molecule has 0 fully saturated rings. The third kappa shape index (κ3) is 3.94. The monoisotopic (exact) mass is 372 g/mol. The van der Waals surface area contributed by atoms with Crippen LogP contribution in [0.5, 0.6) is 5.75 Å². The van der Waals surface area contributed by atoms with Crippen molar-refractivity contribution in [3.8, 4) is 11.8 Å². The van der Waals surface area contributed by atoms with Crippen molar-refractivity contribution >= 4 is 17.3 Å². The molecule has 140 valence electrons. The average molecular weight is 372 g/mol. The molecule has 0 aromatic heterocycles. The first-order valence-electron chi connectivity index (χ1n) is 8.70. The molecule has 2 aromatic rings. The van der Waals surface area contributed by atoms with Gasteiger partial charge in [0.25, 0.3) is 5.91 Å². The van der Waals surface area contributed by atoms with Gasteiger partial charge in [-0.05, 0) is 24.6 Å². The van der Waals surface area contributed by atoms with Gasteiger partial charge in [-0.15, -0.1) is 0 Å². The number of allylic oxidation sites excluding steroid dienone is 1. The van der Waals surface area contributed by atoms with Gasteiger partial charge in [0.2, 0.25) is 0 Å². The molecular weight excluding hydrogens is 352 g/mol. The predicted octanol–water partition coefficient (Wildman–Crippen LogP) is 3.86. The van der Waals surface area contributed by atoms with Gasteiger partial charge in [0, 0.05) is 18.7 Å². The van der Waals surface area contributed by atoms with Crippen LogP contribution in [0.4, 0.5) is 5.69 Å². The Morgan fingerprint density at radius 1 is 1.21 bits per heavy atom. The summed E-state index contributed by atoms with van der Waals surface area (Å²) in [5.41, 5.74) is 6.03. The molecule has 1 aliphatic rings. The molecule has 0 saturated heterocycles. The van der Waals surface area contributed by atoms with Crippen molar-refractivity contribution in [1.82, 2.24) is 4.90 Å². The maximum atomic E-state index is 12.5. The first kappa shape index (κ1) is 18.9. The SMILES string of the molecule is C=C1C(C#N)=C(C)C(=NNc2cccc(OCc3ccccc3)c2)C(=O)N1C. The third-order valence-electron chi connectivity index (χ3n) is 4.42. The third-order valence-corrected chi connectivity index (χ3v) is 4.42. The summed E-state index contributed by atoms with van der Waals surface area (Å²) in [4.78, 5) is 13.8. The van der Waals surface area contributed by atoms with Crippen molar-refractivity contribution in [2.24, 2.45) is 5.10 Å². The quantitative estimate of drug-likeness (QED) is 0.809. The standard InChI is InChI=1S/C22H20N4O2/c1-15-20(13-23)16(2)26(3)22(27)21(15)25-24-18-10-7-11-19(12-18)28-14-17-8-5-4-6-9-17/h4-12,24H,2,14H2,1,3H3. The molecule has 0 unspecified atom stereocenters. The van der Waals surface area contributed by atoms with Gasteiger partial charge in [-0.2, -0.15) is 10.4 Å². The van der Waals surface area contributed by atoms with Gasteiger partial charge in [0.05, 0.1) is 17.0 Å². The molecule has 28 heavy (non-hydrogen) atoms. The van der Waals surface area contributed by atoms with E-state index in [4.69, 9.17) is 4.74 Å². The van der Waals surface area contributed by atoms with Crippen molar-refractivity contribution in [1.29, 1.82) is 5.26 Å². The van der Waals surface area contributed by atoms with Crippen molar-refractivity contribution in [3.05, 3.63) is 83.6 Å². The van der Waals surface area contributed by atoms with E-state index in [1.165, 1.54) is 4.90 Å². The van der Waals surface area contributed by atoms with Crippen LogP contribution in [0.3, 0.4) is 0 Å². The summed E-state index contributed by atoms with van der Waals surface area (Å²) in [6.45, 7) is 5.94. The van der Waals surface area contributed by atoms with Crippen LogP contribution in [-0.4, -0.2) is 23.6 Å². The lowest BCUT2D eigenvalue weighted by atomic mass is 9.98. The summed E-state index contributed by atoms with van der Waals surface area (Å²) >= 11 is 0. The molecule has 3 rings (SSSR count). The number of nitrogens with zero attached hydrogens (tertiary/aromatic N) is 3. The van der Waals surface area contributed by atoms with E-state index in [-0.39, 0.29) is 11.6 Å². The Bertz CT molecular complexity index is 1020. The number of hydrazone groups is 1. The molecule has 1 aliphatic heterocycles. The summed E-state index contributed by atoms with van der Waals surface area (Å²) in [6, 6.07) is 19.3. The summed E-state index contributed by atoms with van der Waals surface area (Å²) in [5.74, 6) is 0.366. The van der Waals surface area contributed by atoms with Crippen LogP contribution < -0.4 is 10.2 Å². The Kier molecular flexibility index (Phi) is 5.56. The van der Waals surface area contributed by atoms with Crippen LogP contribution in [0.25, 0.3) is 0 Å². The maximum absolute atomic E-state index is 12.5. The highest BCUT2D eigenvalue weighted by Gasteiger charge is 2.30. The fraction of sp³-hybridized carbons (Fsp3) is 0.136. The van der Waals surface area contributed by atoms with E-state index in [1.807, 2.05) is 48.5 Å². The number of nitrogens with one attached hydrogen (secondary N) is 1. The number of rotatable bonds is 5. The number of hydrogen-bond acceptors (Lipinski definition) is 5. The largest absolute Gasteiger partial charge is 0.489 e. The van der Waals surface area contributed by atoms with Crippen LogP contribution in [0.1, 0.15) is 12.5 Å². The minimum atomic E-state index is -0.314. The van der Waals surface area contributed by atoms with Crippen molar-refractivity contribution in [2.45, 2.75) is 13.5 Å². The molecule has 6 nitrogen and oxygen atoms in total. The summed E-state index contributed by atoms with van der Waals surface area (Å²) in [7, 11) is 1.57. The summed E-state index contributed by atoms with van der Waals surface area (Å²) in [6.07, 6.45) is 0. The fourth-order valence-corrected chi connectivity index (χ4v) is 2.74. The second-order valence-electron chi connectivity index (χ2n) is 6.30. The lowest BCUT2D eigenvalue weighted by molar-refractivity contribution is -0.121. The fourth-order valence-electron chi connectivity index (χ4n) is 2.74. The Morgan fingerprint density at radius 2 is 1.96 bits per heavy atom. The topological polar surface area (TPSA) is 77.7 Å². The zero-order valence-electron chi connectivity index (χ0n) is 15.8. The molecule has 2 aromatic carbocycles. The molecule has 0 spiro atoms. The molecule has 1 heterocycles. The van der Waals surface area contributed by atoms with Crippen molar-refractivity contribution in [2.75, 3.05) is 12.5 Å². The first-order valence-corrected chi connectivity index (χ1v) is 8.70. The average Bonchev–Trinajstić information content (AvgIpc) is 2.72. The normalized spacial score (nSPS) is 15.6. The second kappa shape index (κ2) is 8.23. The molecule has 0 bridgehead atoms. The van der Waals surface area contributed by atoms with Gasteiger partial charge in [-0.3, -0.25) is 10.2 Å². The van der Waals surface area contributed by atoms with Crippen LogP contribution in [0.2, 0.25) is 0 Å². The lowest BCUT2D eigenvalue weighted by Gasteiger charge is -2.26. The minimum Gasteiger partial charge on any atom is -0.489 e. The zero-order chi connectivity index (χ0) is 20.1. The highest BCUT2D eigenvalue weighted by Crippen LogP contribution is 2.24. The van der Waals surface area contributed by atoms with E-state index in [1.54, 1.807) is 20.0 Å². The van der Waals surface area contributed by atoms with Gasteiger partial charge in [0.15, 0.2) is 5.71 Å². The van der Waals surface area contributed by atoms with Gasteiger partial charge in [-0.25, -0.2) is 0 Å². The molecular formula is C22H20N4O2. The molecule has 1 N–H and O–H groups in total. The van der Waals surface area contributed by atoms with Gasteiger partial charge in [-0.1, -0.05) is 43.0 Å². The highest BCUT2D eigenvalue weighted by molar-refractivity contribution is 6.46. The van der Waals surface area contributed by atoms with Crippen LogP contribution in [-0.2, 0) is 11.4 Å². The van der Waals surface area contributed by atoms with Gasteiger partial charge >= 0.3 is 0 Å². The molecule has 0 atom stereocenters. The number of ether oxygens (including phenoxy) is 1. The molecule has 0 aliphatic carbocycles. The zero-order valence-corrected chi connectivity index (χ0v) is 15.8. The summed E-state index contributed by atoms with van der Waals surface area (Å²) in [5, 5.41) is 13.6. The van der Waals surface area contributed by atoms with E-state index in [0.717, 1.165) is 5.56 Å². The van der Waals surface area contributed by atoms with E-state index in [0.29, 0.717) is 34.9 Å². The minimum absolute atomic E-state index is 0.182. The van der Waals surface area contributed by atoms with E-state index < -0.39 is 0 Å². The van der Waals surface area contributed by atoms with Crippen LogP contribution in [0, 0.1) is 11.3 Å². The van der Waals surface area contributed by atoms with Gasteiger partial charge < -0.3 is 9.64 Å². The van der Waals surface area contributed by atoms with Crippen LogP contribution >= 0.6 is 0 Å². The molecule has 0 saturated carbocycles. The number of anilines is 1. The van der Waals surface area contributed by atoms with Crippen molar-refractivity contribution < 1.29 is 9.53 Å². The Balaban J connectivity index is 1.77. The Hall–Kier alpha value is -3.85. The Labute approximate surface area is 164 Å². The number of hydrogen-bond donors (Lipinski definition) is 1.